The zero-order chi connectivity index (χ0) is 18.5. The SMILES string of the molecule is CCOC(=O)Nc1ccc2cc3ccc(NC(=O)OCC)cc3nc2c1. The van der Waals surface area contributed by atoms with Crippen LogP contribution in [0.2, 0.25) is 0 Å². The highest BCUT2D eigenvalue weighted by atomic mass is 16.6. The molecule has 2 amide bonds. The van der Waals surface area contributed by atoms with Gasteiger partial charge in [-0.2, -0.15) is 0 Å². The summed E-state index contributed by atoms with van der Waals surface area (Å²) in [7, 11) is 0. The zero-order valence-corrected chi connectivity index (χ0v) is 14.5. The first-order valence-electron chi connectivity index (χ1n) is 8.31. The first kappa shape index (κ1) is 17.5. The Kier molecular flexibility index (Phi) is 5.17. The summed E-state index contributed by atoms with van der Waals surface area (Å²) in [5.74, 6) is 0. The van der Waals surface area contributed by atoms with Crippen LogP contribution in [0.1, 0.15) is 13.8 Å². The first-order valence-corrected chi connectivity index (χ1v) is 8.31. The van der Waals surface area contributed by atoms with E-state index in [2.05, 4.69) is 15.6 Å². The Hall–Kier alpha value is -3.35. The fourth-order valence-corrected chi connectivity index (χ4v) is 2.55. The van der Waals surface area contributed by atoms with Crippen molar-refractivity contribution in [3.05, 3.63) is 42.5 Å². The topological polar surface area (TPSA) is 89.6 Å². The van der Waals surface area contributed by atoms with Crippen molar-refractivity contribution in [2.75, 3.05) is 23.8 Å². The van der Waals surface area contributed by atoms with Crippen LogP contribution in [0.5, 0.6) is 0 Å². The molecule has 7 nitrogen and oxygen atoms in total. The largest absolute Gasteiger partial charge is 0.450 e. The molecule has 7 heteroatoms. The van der Waals surface area contributed by atoms with E-state index in [1.807, 2.05) is 18.2 Å². The monoisotopic (exact) mass is 353 g/mol. The molecule has 26 heavy (non-hydrogen) atoms. The average Bonchev–Trinajstić information content (AvgIpc) is 2.60. The molecular formula is C19H19N3O4. The Balaban J connectivity index is 1.92. The van der Waals surface area contributed by atoms with Crippen molar-refractivity contribution in [3.8, 4) is 0 Å². The molecule has 0 spiro atoms. The summed E-state index contributed by atoms with van der Waals surface area (Å²) < 4.78 is 9.76. The lowest BCUT2D eigenvalue weighted by atomic mass is 10.1. The van der Waals surface area contributed by atoms with E-state index in [0.29, 0.717) is 24.6 Å². The Morgan fingerprint density at radius 1 is 0.808 bits per heavy atom. The van der Waals surface area contributed by atoms with Gasteiger partial charge in [-0.1, -0.05) is 12.1 Å². The van der Waals surface area contributed by atoms with Crippen molar-refractivity contribution >= 4 is 45.4 Å². The molecule has 2 N–H and O–H groups in total. The molecule has 3 aromatic rings. The van der Waals surface area contributed by atoms with Crippen LogP contribution in [0.4, 0.5) is 21.0 Å². The van der Waals surface area contributed by atoms with E-state index >= 15 is 0 Å². The maximum Gasteiger partial charge on any atom is 0.411 e. The van der Waals surface area contributed by atoms with E-state index in [1.54, 1.807) is 38.1 Å². The summed E-state index contributed by atoms with van der Waals surface area (Å²) >= 11 is 0. The van der Waals surface area contributed by atoms with Crippen molar-refractivity contribution in [2.24, 2.45) is 0 Å². The van der Waals surface area contributed by atoms with Crippen molar-refractivity contribution < 1.29 is 19.1 Å². The van der Waals surface area contributed by atoms with Gasteiger partial charge in [0.15, 0.2) is 0 Å². The van der Waals surface area contributed by atoms with Gasteiger partial charge in [0, 0.05) is 22.1 Å². The molecule has 0 aliphatic rings. The third kappa shape index (κ3) is 4.00. The van der Waals surface area contributed by atoms with Crippen molar-refractivity contribution in [3.63, 3.8) is 0 Å². The predicted molar refractivity (Wildman–Crippen MR) is 101 cm³/mol. The second kappa shape index (κ2) is 7.69. The molecule has 134 valence electrons. The number of nitrogens with zero attached hydrogens (tertiary/aromatic N) is 1. The summed E-state index contributed by atoms with van der Waals surface area (Å²) in [5.41, 5.74) is 2.65. The number of carbonyl (C=O) groups excluding carboxylic acids is 2. The standard InChI is InChI=1S/C19H19N3O4/c1-3-25-18(23)20-14-7-5-12-9-13-6-8-15(21-19(24)26-4-2)11-17(13)22-16(12)10-14/h5-11H,3-4H2,1-2H3,(H,20,23)(H,21,24). The lowest BCUT2D eigenvalue weighted by Gasteiger charge is -2.09. The molecule has 0 saturated heterocycles. The normalized spacial score (nSPS) is 10.5. The lowest BCUT2D eigenvalue weighted by Crippen LogP contribution is -2.13. The molecular weight excluding hydrogens is 334 g/mol. The van der Waals surface area contributed by atoms with Crippen LogP contribution in [-0.4, -0.2) is 30.4 Å². The van der Waals surface area contributed by atoms with Gasteiger partial charge in [-0.05, 0) is 44.2 Å². The number of anilines is 2. The van der Waals surface area contributed by atoms with Gasteiger partial charge in [0.05, 0.1) is 24.2 Å². The fraction of sp³-hybridized carbons (Fsp3) is 0.211. The van der Waals surface area contributed by atoms with Gasteiger partial charge in [-0.3, -0.25) is 10.6 Å². The summed E-state index contributed by atoms with van der Waals surface area (Å²) in [5, 5.41) is 7.20. The number of benzene rings is 2. The van der Waals surface area contributed by atoms with E-state index < -0.39 is 12.2 Å². The van der Waals surface area contributed by atoms with Crippen LogP contribution in [0.15, 0.2) is 42.5 Å². The van der Waals surface area contributed by atoms with Crippen LogP contribution >= 0.6 is 0 Å². The van der Waals surface area contributed by atoms with E-state index in [1.165, 1.54) is 0 Å². The van der Waals surface area contributed by atoms with Crippen LogP contribution in [0.25, 0.3) is 21.8 Å². The van der Waals surface area contributed by atoms with Crippen LogP contribution in [-0.2, 0) is 9.47 Å². The third-order valence-corrected chi connectivity index (χ3v) is 3.66. The molecule has 3 rings (SSSR count). The van der Waals surface area contributed by atoms with Gasteiger partial charge >= 0.3 is 12.2 Å². The minimum atomic E-state index is -0.506. The zero-order valence-electron chi connectivity index (χ0n) is 14.5. The number of nitrogens with one attached hydrogen (secondary N) is 2. The molecule has 0 unspecified atom stereocenters. The Bertz CT molecular complexity index is 897. The molecule has 2 aromatic carbocycles. The van der Waals surface area contributed by atoms with Crippen molar-refractivity contribution in [1.82, 2.24) is 4.98 Å². The molecule has 0 atom stereocenters. The molecule has 0 aliphatic heterocycles. The van der Waals surface area contributed by atoms with Crippen molar-refractivity contribution in [2.45, 2.75) is 13.8 Å². The number of carbonyl (C=O) groups is 2. The average molecular weight is 353 g/mol. The highest BCUT2D eigenvalue weighted by Gasteiger charge is 2.07. The predicted octanol–water partition coefficient (Wildman–Crippen LogP) is 4.52. The molecule has 0 aliphatic carbocycles. The maximum absolute atomic E-state index is 11.6. The van der Waals surface area contributed by atoms with E-state index in [9.17, 15) is 9.59 Å². The van der Waals surface area contributed by atoms with Gasteiger partial charge in [-0.25, -0.2) is 14.6 Å². The van der Waals surface area contributed by atoms with E-state index in [-0.39, 0.29) is 0 Å². The van der Waals surface area contributed by atoms with Gasteiger partial charge in [0.1, 0.15) is 0 Å². The summed E-state index contributed by atoms with van der Waals surface area (Å²) in [6.07, 6.45) is -1.01. The Morgan fingerprint density at radius 2 is 1.27 bits per heavy atom. The van der Waals surface area contributed by atoms with Crippen LogP contribution in [0.3, 0.4) is 0 Å². The second-order valence-corrected chi connectivity index (χ2v) is 5.49. The molecule has 0 radical (unpaired) electrons. The van der Waals surface area contributed by atoms with Gasteiger partial charge in [0.25, 0.3) is 0 Å². The molecule has 1 aromatic heterocycles. The van der Waals surface area contributed by atoms with Crippen LogP contribution in [0, 0.1) is 0 Å². The van der Waals surface area contributed by atoms with Crippen LogP contribution < -0.4 is 10.6 Å². The lowest BCUT2D eigenvalue weighted by molar-refractivity contribution is 0.167. The van der Waals surface area contributed by atoms with E-state index in [0.717, 1.165) is 21.8 Å². The molecule has 0 bridgehead atoms. The number of aromatic nitrogens is 1. The minimum absolute atomic E-state index is 0.304. The first-order chi connectivity index (χ1) is 12.6. The maximum atomic E-state index is 11.6. The third-order valence-electron chi connectivity index (χ3n) is 3.66. The fourth-order valence-electron chi connectivity index (χ4n) is 2.55. The number of rotatable bonds is 4. The quantitative estimate of drug-likeness (QED) is 0.673. The number of ether oxygens (including phenoxy) is 2. The summed E-state index contributed by atoms with van der Waals surface area (Å²) in [6, 6.07) is 12.9. The summed E-state index contributed by atoms with van der Waals surface area (Å²) in [6.45, 7) is 4.10. The Labute approximate surface area is 150 Å². The Morgan fingerprint density at radius 3 is 1.69 bits per heavy atom. The number of amides is 2. The number of pyridine rings is 1. The van der Waals surface area contributed by atoms with Gasteiger partial charge in [-0.15, -0.1) is 0 Å². The molecule has 0 saturated carbocycles. The second-order valence-electron chi connectivity index (χ2n) is 5.49. The van der Waals surface area contributed by atoms with Crippen molar-refractivity contribution in [1.29, 1.82) is 0 Å². The molecule has 0 fully saturated rings. The number of hydrogen-bond donors (Lipinski definition) is 2. The number of hydrogen-bond acceptors (Lipinski definition) is 5. The summed E-state index contributed by atoms with van der Waals surface area (Å²) in [4.78, 5) is 27.7. The molecule has 1 heterocycles. The van der Waals surface area contributed by atoms with Gasteiger partial charge in [0.2, 0.25) is 0 Å². The number of fused-ring (bicyclic) bond motifs is 2. The smallest absolute Gasteiger partial charge is 0.411 e. The minimum Gasteiger partial charge on any atom is -0.450 e. The van der Waals surface area contributed by atoms with Gasteiger partial charge < -0.3 is 9.47 Å². The highest BCUT2D eigenvalue weighted by molar-refractivity contribution is 5.97. The van der Waals surface area contributed by atoms with E-state index in [4.69, 9.17) is 9.47 Å². The highest BCUT2D eigenvalue weighted by Crippen LogP contribution is 2.25.